The molecule has 1 aromatic carbocycles. The van der Waals surface area contributed by atoms with Gasteiger partial charge in [-0.15, -0.1) is 0 Å². The number of sulfone groups is 1. The average Bonchev–Trinajstić information content (AvgIpc) is 2.12. The van der Waals surface area contributed by atoms with Crippen LogP contribution in [0.3, 0.4) is 0 Å². The summed E-state index contributed by atoms with van der Waals surface area (Å²) in [6.45, 7) is 0.833. The maximum Gasteiger partial charge on any atom is 0.175 e. The number of likely N-dealkylation sites (N-methyl/N-ethyl adjacent to an activating group) is 1. The zero-order valence-electron chi connectivity index (χ0n) is 8.75. The molecule has 3 nitrogen and oxygen atoms in total. The van der Waals surface area contributed by atoms with Gasteiger partial charge in [0.1, 0.15) is 0 Å². The van der Waals surface area contributed by atoms with Gasteiger partial charge in [0.25, 0.3) is 0 Å². The fourth-order valence-electron chi connectivity index (χ4n) is 1.25. The average molecular weight is 292 g/mol. The lowest BCUT2D eigenvalue weighted by atomic mass is 10.1. The lowest BCUT2D eigenvalue weighted by Gasteiger charge is -2.05. The first-order valence-electron chi connectivity index (χ1n) is 4.57. The predicted octanol–water partition coefficient (Wildman–Crippen LogP) is 1.61. The quantitative estimate of drug-likeness (QED) is 0.917. The predicted molar refractivity (Wildman–Crippen MR) is 64.9 cm³/mol. The molecular formula is C10H14BrNO2S. The van der Waals surface area contributed by atoms with E-state index in [-0.39, 0.29) is 0 Å². The molecule has 0 unspecified atom stereocenters. The Hall–Kier alpha value is -0.390. The first-order valence-corrected chi connectivity index (χ1v) is 7.26. The van der Waals surface area contributed by atoms with Gasteiger partial charge in [-0.25, -0.2) is 8.42 Å². The van der Waals surface area contributed by atoms with Crippen molar-refractivity contribution in [2.24, 2.45) is 0 Å². The van der Waals surface area contributed by atoms with Crippen LogP contribution in [0.5, 0.6) is 0 Å². The van der Waals surface area contributed by atoms with Gasteiger partial charge in [0.15, 0.2) is 9.84 Å². The maximum atomic E-state index is 11.4. The van der Waals surface area contributed by atoms with Crippen molar-refractivity contribution < 1.29 is 8.42 Å². The first-order chi connectivity index (χ1) is 6.93. The second kappa shape index (κ2) is 5.09. The fourth-order valence-corrected chi connectivity index (χ4v) is 2.65. The van der Waals surface area contributed by atoms with E-state index in [1.165, 1.54) is 6.26 Å². The normalized spacial score (nSPS) is 11.7. The Morgan fingerprint density at radius 3 is 2.53 bits per heavy atom. The molecule has 15 heavy (non-hydrogen) atoms. The summed E-state index contributed by atoms with van der Waals surface area (Å²) in [4.78, 5) is 0.364. The zero-order chi connectivity index (χ0) is 11.5. The van der Waals surface area contributed by atoms with E-state index in [0.29, 0.717) is 4.90 Å². The molecule has 1 aromatic rings. The van der Waals surface area contributed by atoms with E-state index >= 15 is 0 Å². The van der Waals surface area contributed by atoms with E-state index in [9.17, 15) is 8.42 Å². The highest BCUT2D eigenvalue weighted by Crippen LogP contribution is 2.19. The van der Waals surface area contributed by atoms with Gasteiger partial charge in [-0.05, 0) is 43.8 Å². The van der Waals surface area contributed by atoms with E-state index in [0.717, 1.165) is 23.0 Å². The molecule has 0 spiro atoms. The Kier molecular flexibility index (Phi) is 4.31. The van der Waals surface area contributed by atoms with Gasteiger partial charge < -0.3 is 5.32 Å². The molecule has 5 heteroatoms. The highest BCUT2D eigenvalue weighted by Gasteiger charge is 2.09. The summed E-state index contributed by atoms with van der Waals surface area (Å²) in [6, 6.07) is 5.28. The molecule has 1 N–H and O–H groups in total. The molecule has 0 fully saturated rings. The minimum absolute atomic E-state index is 0.364. The Morgan fingerprint density at radius 2 is 2.00 bits per heavy atom. The molecular weight excluding hydrogens is 278 g/mol. The molecule has 0 aliphatic rings. The number of benzene rings is 1. The summed E-state index contributed by atoms with van der Waals surface area (Å²) in [5.74, 6) is 0. The molecule has 0 atom stereocenters. The van der Waals surface area contributed by atoms with Gasteiger partial charge in [0.05, 0.1) is 4.90 Å². The fraction of sp³-hybridized carbons (Fsp3) is 0.400. The Morgan fingerprint density at radius 1 is 1.33 bits per heavy atom. The van der Waals surface area contributed by atoms with E-state index in [4.69, 9.17) is 0 Å². The SMILES string of the molecule is CNCCc1cc(Br)cc(S(C)(=O)=O)c1. The summed E-state index contributed by atoms with van der Waals surface area (Å²) in [5, 5.41) is 3.03. The molecule has 0 heterocycles. The van der Waals surface area contributed by atoms with Crippen LogP contribution in [0.25, 0.3) is 0 Å². The largest absolute Gasteiger partial charge is 0.319 e. The van der Waals surface area contributed by atoms with Crippen molar-refractivity contribution in [2.45, 2.75) is 11.3 Å². The molecule has 1 rings (SSSR count). The lowest BCUT2D eigenvalue weighted by molar-refractivity contribution is 0.601. The topological polar surface area (TPSA) is 46.2 Å². The molecule has 0 amide bonds. The van der Waals surface area contributed by atoms with E-state index < -0.39 is 9.84 Å². The van der Waals surface area contributed by atoms with Crippen LogP contribution in [0.2, 0.25) is 0 Å². The molecule has 0 saturated heterocycles. The van der Waals surface area contributed by atoms with Crippen LogP contribution in [0.4, 0.5) is 0 Å². The van der Waals surface area contributed by atoms with Crippen molar-refractivity contribution in [3.8, 4) is 0 Å². The second-order valence-electron chi connectivity index (χ2n) is 3.42. The number of rotatable bonds is 4. The van der Waals surface area contributed by atoms with Gasteiger partial charge in [0, 0.05) is 10.7 Å². The highest BCUT2D eigenvalue weighted by molar-refractivity contribution is 9.10. The van der Waals surface area contributed by atoms with Crippen LogP contribution in [-0.2, 0) is 16.3 Å². The van der Waals surface area contributed by atoms with Gasteiger partial charge in [-0.3, -0.25) is 0 Å². The van der Waals surface area contributed by atoms with Crippen molar-refractivity contribution in [1.29, 1.82) is 0 Å². The van der Waals surface area contributed by atoms with Gasteiger partial charge in [0.2, 0.25) is 0 Å². The van der Waals surface area contributed by atoms with Crippen molar-refractivity contribution in [3.63, 3.8) is 0 Å². The van der Waals surface area contributed by atoms with Crippen LogP contribution < -0.4 is 5.32 Å². The third-order valence-electron chi connectivity index (χ3n) is 2.02. The smallest absolute Gasteiger partial charge is 0.175 e. The maximum absolute atomic E-state index is 11.4. The van der Waals surface area contributed by atoms with Gasteiger partial charge in [-0.1, -0.05) is 15.9 Å². The minimum Gasteiger partial charge on any atom is -0.319 e. The highest BCUT2D eigenvalue weighted by atomic mass is 79.9. The van der Waals surface area contributed by atoms with E-state index in [2.05, 4.69) is 21.2 Å². The summed E-state index contributed by atoms with van der Waals surface area (Å²) in [5.41, 5.74) is 1.01. The molecule has 0 bridgehead atoms. The Balaban J connectivity index is 3.06. The standard InChI is InChI=1S/C10H14BrNO2S/c1-12-4-3-8-5-9(11)7-10(6-8)15(2,13)14/h5-7,12H,3-4H2,1-2H3. The van der Waals surface area contributed by atoms with Crippen LogP contribution in [0, 0.1) is 0 Å². The second-order valence-corrected chi connectivity index (χ2v) is 6.35. The lowest BCUT2D eigenvalue weighted by Crippen LogP contribution is -2.10. The monoisotopic (exact) mass is 291 g/mol. The minimum atomic E-state index is -3.12. The van der Waals surface area contributed by atoms with Crippen LogP contribution >= 0.6 is 15.9 Å². The van der Waals surface area contributed by atoms with Crippen LogP contribution in [-0.4, -0.2) is 28.3 Å². The molecule has 84 valence electrons. The van der Waals surface area contributed by atoms with Crippen molar-refractivity contribution in [3.05, 3.63) is 28.2 Å². The molecule has 0 aliphatic heterocycles. The summed E-state index contributed by atoms with van der Waals surface area (Å²) >= 11 is 3.31. The summed E-state index contributed by atoms with van der Waals surface area (Å²) < 4.78 is 23.6. The number of halogens is 1. The first kappa shape index (κ1) is 12.7. The number of hydrogen-bond acceptors (Lipinski definition) is 3. The van der Waals surface area contributed by atoms with Crippen molar-refractivity contribution in [2.75, 3.05) is 19.8 Å². The van der Waals surface area contributed by atoms with Gasteiger partial charge >= 0.3 is 0 Å². The van der Waals surface area contributed by atoms with Crippen molar-refractivity contribution >= 4 is 25.8 Å². The summed E-state index contributed by atoms with van der Waals surface area (Å²) in [6.07, 6.45) is 2.04. The third-order valence-corrected chi connectivity index (χ3v) is 3.57. The van der Waals surface area contributed by atoms with Crippen molar-refractivity contribution in [1.82, 2.24) is 5.32 Å². The third kappa shape index (κ3) is 3.93. The summed E-state index contributed by atoms with van der Waals surface area (Å²) in [7, 11) is -1.25. The van der Waals surface area contributed by atoms with E-state index in [1.807, 2.05) is 13.1 Å². The van der Waals surface area contributed by atoms with Gasteiger partial charge in [-0.2, -0.15) is 0 Å². The molecule has 0 aromatic heterocycles. The number of nitrogens with one attached hydrogen (secondary N) is 1. The number of hydrogen-bond donors (Lipinski definition) is 1. The van der Waals surface area contributed by atoms with E-state index in [1.54, 1.807) is 12.1 Å². The Bertz CT molecular complexity index is 443. The van der Waals surface area contributed by atoms with Crippen LogP contribution in [0.15, 0.2) is 27.6 Å². The Labute approximate surface area is 98.9 Å². The van der Waals surface area contributed by atoms with Crippen LogP contribution in [0.1, 0.15) is 5.56 Å². The zero-order valence-corrected chi connectivity index (χ0v) is 11.2. The molecule has 0 aliphatic carbocycles. The molecule has 0 radical (unpaired) electrons. The molecule has 0 saturated carbocycles.